The van der Waals surface area contributed by atoms with Gasteiger partial charge < -0.3 is 10.8 Å². The minimum atomic E-state index is -0.855. The maximum Gasteiger partial charge on any atom is 0.313 e. The third-order valence-corrected chi connectivity index (χ3v) is 4.47. The average Bonchev–Trinajstić information content (AvgIpc) is 2.78. The largest absolute Gasteiger partial charge is 0.481 e. The molecule has 0 atom stereocenters. The topological polar surface area (TPSA) is 89.1 Å². The number of thiophene rings is 1. The van der Waals surface area contributed by atoms with Crippen molar-refractivity contribution in [3.05, 3.63) is 16.8 Å². The summed E-state index contributed by atoms with van der Waals surface area (Å²) in [5.41, 5.74) is 5.56. The van der Waals surface area contributed by atoms with Crippen LogP contribution in [0.15, 0.2) is 11.1 Å². The Morgan fingerprint density at radius 1 is 1.56 bits per heavy atom. The van der Waals surface area contributed by atoms with Gasteiger partial charge in [-0.2, -0.15) is 0 Å². The lowest BCUT2D eigenvalue weighted by molar-refractivity contribution is -0.133. The Balaban J connectivity index is 2.46. The Labute approximate surface area is 112 Å². The Kier molecular flexibility index (Phi) is 4.15. The molecule has 2 rings (SSSR count). The second kappa shape index (κ2) is 5.64. The molecule has 0 saturated carbocycles. The zero-order valence-electron chi connectivity index (χ0n) is 9.84. The van der Waals surface area contributed by atoms with Gasteiger partial charge in [0.1, 0.15) is 15.7 Å². The summed E-state index contributed by atoms with van der Waals surface area (Å²) in [5, 5.41) is 10.4. The number of aromatic nitrogens is 2. The molecule has 2 aromatic heterocycles. The van der Waals surface area contributed by atoms with Gasteiger partial charge in [-0.25, -0.2) is 9.97 Å². The van der Waals surface area contributed by atoms with Crippen LogP contribution in [0.3, 0.4) is 0 Å². The van der Waals surface area contributed by atoms with Crippen LogP contribution in [0.1, 0.15) is 17.6 Å². The smallest absolute Gasteiger partial charge is 0.313 e. The molecule has 7 heteroatoms. The van der Waals surface area contributed by atoms with Crippen LogP contribution < -0.4 is 5.73 Å². The highest BCUT2D eigenvalue weighted by atomic mass is 32.2. The third kappa shape index (κ3) is 2.80. The van der Waals surface area contributed by atoms with Crippen LogP contribution in [0.4, 0.5) is 0 Å². The lowest BCUT2D eigenvalue weighted by Crippen LogP contribution is -2.04. The lowest BCUT2D eigenvalue weighted by atomic mass is 10.3. The summed E-state index contributed by atoms with van der Waals surface area (Å²) in [4.78, 5) is 21.4. The van der Waals surface area contributed by atoms with Gasteiger partial charge in [0.15, 0.2) is 0 Å². The molecule has 0 radical (unpaired) electrons. The quantitative estimate of drug-likeness (QED) is 0.643. The molecule has 0 saturated heterocycles. The van der Waals surface area contributed by atoms with Crippen molar-refractivity contribution in [2.45, 2.75) is 24.9 Å². The van der Waals surface area contributed by atoms with Crippen LogP contribution in [-0.2, 0) is 17.8 Å². The van der Waals surface area contributed by atoms with Crippen molar-refractivity contribution in [3.8, 4) is 0 Å². The second-order valence-corrected chi connectivity index (χ2v) is 5.70. The van der Waals surface area contributed by atoms with Crippen LogP contribution >= 0.6 is 23.1 Å². The van der Waals surface area contributed by atoms with E-state index in [1.165, 1.54) is 16.6 Å². The molecule has 0 bridgehead atoms. The van der Waals surface area contributed by atoms with Crippen molar-refractivity contribution in [1.82, 2.24) is 9.97 Å². The molecule has 0 fully saturated rings. The summed E-state index contributed by atoms with van der Waals surface area (Å²) in [6.45, 7) is 2.34. The SMILES string of the molecule is CCc1cc2c(SCC(=O)O)nc(CN)nc2s1. The fraction of sp³-hybridized carbons (Fsp3) is 0.364. The Hall–Kier alpha value is -1.18. The molecule has 0 aromatic carbocycles. The minimum Gasteiger partial charge on any atom is -0.481 e. The van der Waals surface area contributed by atoms with Gasteiger partial charge in [0.05, 0.1) is 12.3 Å². The number of aryl methyl sites for hydroxylation is 1. The van der Waals surface area contributed by atoms with Crippen LogP contribution in [0.5, 0.6) is 0 Å². The van der Waals surface area contributed by atoms with Crippen LogP contribution in [0, 0.1) is 0 Å². The summed E-state index contributed by atoms with van der Waals surface area (Å²) >= 11 is 2.82. The van der Waals surface area contributed by atoms with E-state index in [0.717, 1.165) is 16.6 Å². The maximum atomic E-state index is 10.6. The molecule has 0 unspecified atom stereocenters. The van der Waals surface area contributed by atoms with E-state index < -0.39 is 5.97 Å². The molecule has 0 aliphatic carbocycles. The molecule has 0 amide bonds. The molecule has 3 N–H and O–H groups in total. The predicted octanol–water partition coefficient (Wildman–Crippen LogP) is 1.89. The maximum absolute atomic E-state index is 10.6. The molecule has 2 aromatic rings. The number of hydrogen-bond donors (Lipinski definition) is 2. The zero-order valence-corrected chi connectivity index (χ0v) is 11.5. The minimum absolute atomic E-state index is 0.00652. The molecular formula is C11H13N3O2S2. The number of hydrogen-bond acceptors (Lipinski definition) is 6. The van der Waals surface area contributed by atoms with E-state index in [1.807, 2.05) is 6.07 Å². The number of rotatable bonds is 5. The van der Waals surface area contributed by atoms with Crippen LogP contribution in [0.25, 0.3) is 10.2 Å². The molecule has 18 heavy (non-hydrogen) atoms. The highest BCUT2D eigenvalue weighted by Crippen LogP contribution is 2.31. The molecule has 5 nitrogen and oxygen atoms in total. The van der Waals surface area contributed by atoms with Gasteiger partial charge in [0.2, 0.25) is 0 Å². The van der Waals surface area contributed by atoms with Gasteiger partial charge in [-0.1, -0.05) is 18.7 Å². The first-order valence-electron chi connectivity index (χ1n) is 5.48. The van der Waals surface area contributed by atoms with E-state index in [1.54, 1.807) is 11.3 Å². The van der Waals surface area contributed by atoms with Crippen molar-refractivity contribution >= 4 is 39.3 Å². The van der Waals surface area contributed by atoms with Crippen molar-refractivity contribution in [2.75, 3.05) is 5.75 Å². The van der Waals surface area contributed by atoms with Gasteiger partial charge in [-0.15, -0.1) is 11.3 Å². The van der Waals surface area contributed by atoms with Gasteiger partial charge in [0.25, 0.3) is 0 Å². The summed E-state index contributed by atoms with van der Waals surface area (Å²) < 4.78 is 0. The van der Waals surface area contributed by atoms with Crippen molar-refractivity contribution in [1.29, 1.82) is 0 Å². The van der Waals surface area contributed by atoms with E-state index in [0.29, 0.717) is 10.9 Å². The predicted molar refractivity (Wildman–Crippen MR) is 73.0 cm³/mol. The number of nitrogens with zero attached hydrogens (tertiary/aromatic N) is 2. The molecular weight excluding hydrogens is 270 g/mol. The monoisotopic (exact) mass is 283 g/mol. The van der Waals surface area contributed by atoms with Gasteiger partial charge in [-0.05, 0) is 12.5 Å². The van der Waals surface area contributed by atoms with E-state index in [2.05, 4.69) is 16.9 Å². The second-order valence-electron chi connectivity index (χ2n) is 3.62. The van der Waals surface area contributed by atoms with Gasteiger partial charge in [-0.3, -0.25) is 4.79 Å². The fourth-order valence-corrected chi connectivity index (χ4v) is 3.28. The Morgan fingerprint density at radius 3 is 2.94 bits per heavy atom. The first kappa shape index (κ1) is 13.3. The number of fused-ring (bicyclic) bond motifs is 1. The summed E-state index contributed by atoms with van der Waals surface area (Å²) in [6, 6.07) is 2.03. The standard InChI is InChI=1S/C11H13N3O2S2/c1-2-6-3-7-10(17-5-9(15)16)13-8(4-12)14-11(7)18-6/h3H,2,4-5,12H2,1H3,(H,15,16). The molecule has 96 valence electrons. The fourth-order valence-electron chi connectivity index (χ4n) is 1.49. The number of carboxylic acids is 1. The number of nitrogens with two attached hydrogens (primary N) is 1. The van der Waals surface area contributed by atoms with Gasteiger partial charge in [0, 0.05) is 10.3 Å². The number of aliphatic carboxylic acids is 1. The summed E-state index contributed by atoms with van der Waals surface area (Å²) in [7, 11) is 0. The van der Waals surface area contributed by atoms with Crippen molar-refractivity contribution in [2.24, 2.45) is 5.73 Å². The number of thioether (sulfide) groups is 1. The van der Waals surface area contributed by atoms with Gasteiger partial charge >= 0.3 is 5.97 Å². The van der Waals surface area contributed by atoms with Crippen molar-refractivity contribution in [3.63, 3.8) is 0 Å². The molecule has 0 aliphatic heterocycles. The Morgan fingerprint density at radius 2 is 2.33 bits per heavy atom. The Bertz CT molecular complexity index is 583. The number of carbonyl (C=O) groups is 1. The van der Waals surface area contributed by atoms with E-state index in [4.69, 9.17) is 10.8 Å². The lowest BCUT2D eigenvalue weighted by Gasteiger charge is -2.02. The van der Waals surface area contributed by atoms with E-state index in [9.17, 15) is 4.79 Å². The summed E-state index contributed by atoms with van der Waals surface area (Å²) in [6.07, 6.45) is 0.933. The zero-order chi connectivity index (χ0) is 13.1. The normalized spacial score (nSPS) is 11.0. The van der Waals surface area contributed by atoms with Crippen LogP contribution in [0.2, 0.25) is 0 Å². The van der Waals surface area contributed by atoms with E-state index >= 15 is 0 Å². The molecule has 0 aliphatic rings. The highest BCUT2D eigenvalue weighted by molar-refractivity contribution is 8.00. The van der Waals surface area contributed by atoms with Crippen LogP contribution in [-0.4, -0.2) is 26.8 Å². The average molecular weight is 283 g/mol. The molecule has 2 heterocycles. The van der Waals surface area contributed by atoms with Crippen molar-refractivity contribution < 1.29 is 9.90 Å². The third-order valence-electron chi connectivity index (χ3n) is 2.32. The highest BCUT2D eigenvalue weighted by Gasteiger charge is 2.12. The molecule has 0 spiro atoms. The first-order chi connectivity index (χ1) is 8.63. The summed E-state index contributed by atoms with van der Waals surface area (Å²) in [5.74, 6) is -0.306. The first-order valence-corrected chi connectivity index (χ1v) is 7.28. The van der Waals surface area contributed by atoms with E-state index in [-0.39, 0.29) is 12.3 Å². The number of carboxylic acid groups (broad SMARTS) is 1.